The lowest BCUT2D eigenvalue weighted by atomic mass is 10.1. The molecule has 1 aromatic carbocycles. The van der Waals surface area contributed by atoms with E-state index in [0.29, 0.717) is 0 Å². The molecule has 0 bridgehead atoms. The lowest BCUT2D eigenvalue weighted by Crippen LogP contribution is -2.02. The summed E-state index contributed by atoms with van der Waals surface area (Å²) in [6.07, 6.45) is 3.09. The molecule has 0 amide bonds. The molecule has 3 heterocycles. The number of aryl methyl sites for hydroxylation is 2. The van der Waals surface area contributed by atoms with Crippen molar-refractivity contribution < 1.29 is 0 Å². The van der Waals surface area contributed by atoms with Crippen molar-refractivity contribution in [2.24, 2.45) is 0 Å². The number of nitrogens with zero attached hydrogens (tertiary/aromatic N) is 3. The third-order valence-corrected chi connectivity index (χ3v) is 5.56. The van der Waals surface area contributed by atoms with Gasteiger partial charge < -0.3 is 10.6 Å². The summed E-state index contributed by atoms with van der Waals surface area (Å²) in [5.41, 5.74) is 8.18. The van der Waals surface area contributed by atoms with Crippen LogP contribution in [0.5, 0.6) is 0 Å². The van der Waals surface area contributed by atoms with E-state index in [1.54, 1.807) is 11.3 Å². The molecule has 0 aliphatic heterocycles. The number of aromatic nitrogens is 3. The van der Waals surface area contributed by atoms with Gasteiger partial charge >= 0.3 is 0 Å². The summed E-state index contributed by atoms with van der Waals surface area (Å²) in [5, 5.41) is 9.38. The number of fused-ring (bicyclic) bond motifs is 1. The molecule has 6 heteroatoms. The molecule has 2 N–H and O–H groups in total. The van der Waals surface area contributed by atoms with Crippen LogP contribution < -0.4 is 10.6 Å². The highest BCUT2D eigenvalue weighted by Crippen LogP contribution is 2.30. The quantitative estimate of drug-likeness (QED) is 0.472. The number of hydrogen-bond donors (Lipinski definition) is 2. The molecule has 0 aliphatic rings. The van der Waals surface area contributed by atoms with Gasteiger partial charge in [0.1, 0.15) is 11.3 Å². The predicted molar refractivity (Wildman–Crippen MR) is 118 cm³/mol. The standard InChI is InChI=1S/C22H23N5S/c1-5-16-10-11-27-20(12-16)24-15(3)21(27)19-13-28-22(26-19)25-18-8-6-17(7-9-18)14(2)23-4/h6-13,23H,2,5H2,1,3-4H3,(H,25,26). The van der Waals surface area contributed by atoms with E-state index < -0.39 is 0 Å². The lowest BCUT2D eigenvalue weighted by Gasteiger charge is -2.07. The maximum Gasteiger partial charge on any atom is 0.187 e. The van der Waals surface area contributed by atoms with Crippen molar-refractivity contribution in [3.63, 3.8) is 0 Å². The van der Waals surface area contributed by atoms with Crippen LogP contribution in [0.1, 0.15) is 23.7 Å². The van der Waals surface area contributed by atoms with E-state index in [9.17, 15) is 0 Å². The second-order valence-electron chi connectivity index (χ2n) is 6.63. The molecule has 0 radical (unpaired) electrons. The van der Waals surface area contributed by atoms with E-state index in [1.807, 2.05) is 38.2 Å². The molecule has 0 spiro atoms. The topological polar surface area (TPSA) is 54.2 Å². The van der Waals surface area contributed by atoms with Crippen LogP contribution >= 0.6 is 11.3 Å². The van der Waals surface area contributed by atoms with Crippen LogP contribution in [0.4, 0.5) is 10.8 Å². The number of imidazole rings is 1. The number of hydrogen-bond acceptors (Lipinski definition) is 5. The number of benzene rings is 1. The zero-order chi connectivity index (χ0) is 19.7. The average molecular weight is 390 g/mol. The van der Waals surface area contributed by atoms with Crippen molar-refractivity contribution >= 4 is 33.5 Å². The molecule has 4 rings (SSSR count). The molecule has 0 unspecified atom stereocenters. The van der Waals surface area contributed by atoms with Gasteiger partial charge in [0.25, 0.3) is 0 Å². The molecular formula is C22H23N5S. The Morgan fingerprint density at radius 3 is 2.68 bits per heavy atom. The van der Waals surface area contributed by atoms with Gasteiger partial charge in [0.2, 0.25) is 0 Å². The number of thiazole rings is 1. The molecule has 5 nitrogen and oxygen atoms in total. The van der Waals surface area contributed by atoms with Crippen molar-refractivity contribution in [3.05, 3.63) is 71.4 Å². The van der Waals surface area contributed by atoms with Crippen LogP contribution in [0.3, 0.4) is 0 Å². The van der Waals surface area contributed by atoms with E-state index in [1.165, 1.54) is 5.56 Å². The molecule has 142 valence electrons. The van der Waals surface area contributed by atoms with Crippen molar-refractivity contribution in [1.82, 2.24) is 19.7 Å². The number of anilines is 2. The minimum Gasteiger partial charge on any atom is -0.388 e. The van der Waals surface area contributed by atoms with Crippen LogP contribution in [-0.2, 0) is 6.42 Å². The first-order valence-corrected chi connectivity index (χ1v) is 10.1. The average Bonchev–Trinajstić information content (AvgIpc) is 3.30. The number of rotatable bonds is 6. The predicted octanol–water partition coefficient (Wildman–Crippen LogP) is 5.26. The minimum atomic E-state index is 0.856. The van der Waals surface area contributed by atoms with Crippen LogP contribution in [-0.4, -0.2) is 21.4 Å². The maximum atomic E-state index is 4.79. The van der Waals surface area contributed by atoms with E-state index in [4.69, 9.17) is 9.97 Å². The summed E-state index contributed by atoms with van der Waals surface area (Å²) in [6.45, 7) is 8.17. The van der Waals surface area contributed by atoms with Gasteiger partial charge in [-0.3, -0.25) is 4.40 Å². The Kier molecular flexibility index (Phi) is 4.88. The normalized spacial score (nSPS) is 11.0. The largest absolute Gasteiger partial charge is 0.388 e. The van der Waals surface area contributed by atoms with Crippen molar-refractivity contribution in [1.29, 1.82) is 0 Å². The summed E-state index contributed by atoms with van der Waals surface area (Å²) >= 11 is 1.59. The van der Waals surface area contributed by atoms with Gasteiger partial charge in [-0.25, -0.2) is 9.97 Å². The van der Waals surface area contributed by atoms with Crippen LogP contribution in [0.15, 0.2) is 54.6 Å². The van der Waals surface area contributed by atoms with Gasteiger partial charge in [-0.2, -0.15) is 0 Å². The SMILES string of the molecule is C=C(NC)c1ccc(Nc2nc(-c3c(C)nc4cc(CC)ccn34)cs2)cc1. The fourth-order valence-corrected chi connectivity index (χ4v) is 3.91. The molecule has 0 fully saturated rings. The van der Waals surface area contributed by atoms with Gasteiger partial charge in [-0.1, -0.05) is 25.6 Å². The fraction of sp³-hybridized carbons (Fsp3) is 0.182. The first-order valence-electron chi connectivity index (χ1n) is 9.26. The van der Waals surface area contributed by atoms with Gasteiger partial charge in [-0.05, 0) is 48.7 Å². The highest BCUT2D eigenvalue weighted by atomic mass is 32.1. The molecule has 3 aromatic heterocycles. The highest BCUT2D eigenvalue weighted by molar-refractivity contribution is 7.14. The molecule has 0 saturated carbocycles. The van der Waals surface area contributed by atoms with E-state index >= 15 is 0 Å². The van der Waals surface area contributed by atoms with Gasteiger partial charge in [0.15, 0.2) is 5.13 Å². The summed E-state index contributed by atoms with van der Waals surface area (Å²) < 4.78 is 2.12. The number of nitrogens with one attached hydrogen (secondary N) is 2. The Morgan fingerprint density at radius 1 is 1.18 bits per heavy atom. The number of pyridine rings is 1. The van der Waals surface area contributed by atoms with Crippen LogP contribution in [0.25, 0.3) is 22.7 Å². The van der Waals surface area contributed by atoms with Crippen LogP contribution in [0, 0.1) is 6.92 Å². The second-order valence-corrected chi connectivity index (χ2v) is 7.49. The van der Waals surface area contributed by atoms with E-state index in [-0.39, 0.29) is 0 Å². The summed E-state index contributed by atoms with van der Waals surface area (Å²) in [4.78, 5) is 9.51. The molecule has 0 saturated heterocycles. The minimum absolute atomic E-state index is 0.856. The first-order chi connectivity index (χ1) is 13.6. The van der Waals surface area contributed by atoms with Crippen molar-refractivity contribution in [2.45, 2.75) is 20.3 Å². The van der Waals surface area contributed by atoms with Crippen molar-refractivity contribution in [2.75, 3.05) is 12.4 Å². The molecule has 0 aliphatic carbocycles. The maximum absolute atomic E-state index is 4.79. The second kappa shape index (κ2) is 7.48. The third-order valence-electron chi connectivity index (χ3n) is 4.81. The van der Waals surface area contributed by atoms with Crippen LogP contribution in [0.2, 0.25) is 0 Å². The Morgan fingerprint density at radius 2 is 1.96 bits per heavy atom. The zero-order valence-corrected chi connectivity index (χ0v) is 17.1. The highest BCUT2D eigenvalue weighted by Gasteiger charge is 2.14. The first kappa shape index (κ1) is 18.3. The lowest BCUT2D eigenvalue weighted by molar-refractivity contribution is 1.10. The van der Waals surface area contributed by atoms with E-state index in [0.717, 1.165) is 51.2 Å². The fourth-order valence-electron chi connectivity index (χ4n) is 3.20. The smallest absolute Gasteiger partial charge is 0.187 e. The third kappa shape index (κ3) is 3.39. The molecule has 28 heavy (non-hydrogen) atoms. The summed E-state index contributed by atoms with van der Waals surface area (Å²) in [5.74, 6) is 0. The van der Waals surface area contributed by atoms with E-state index in [2.05, 4.69) is 52.2 Å². The Hall–Kier alpha value is -3.12. The van der Waals surface area contributed by atoms with Gasteiger partial charge in [0, 0.05) is 30.0 Å². The molecule has 4 aromatic rings. The summed E-state index contributed by atoms with van der Waals surface area (Å²) in [7, 11) is 1.87. The Bertz CT molecular complexity index is 1140. The Labute approximate surface area is 168 Å². The summed E-state index contributed by atoms with van der Waals surface area (Å²) in [6, 6.07) is 12.4. The zero-order valence-electron chi connectivity index (χ0n) is 16.3. The monoisotopic (exact) mass is 389 g/mol. The molecule has 0 atom stereocenters. The molecular weight excluding hydrogens is 366 g/mol. The van der Waals surface area contributed by atoms with Crippen molar-refractivity contribution in [3.8, 4) is 11.4 Å². The Balaban J connectivity index is 1.60. The van der Waals surface area contributed by atoms with Gasteiger partial charge in [0.05, 0.1) is 11.4 Å². The van der Waals surface area contributed by atoms with Gasteiger partial charge in [-0.15, -0.1) is 11.3 Å².